The van der Waals surface area contributed by atoms with Gasteiger partial charge in [-0.15, -0.1) is 0 Å². The fourth-order valence-corrected chi connectivity index (χ4v) is 1.75. The summed E-state index contributed by atoms with van der Waals surface area (Å²) < 4.78 is 0. The summed E-state index contributed by atoms with van der Waals surface area (Å²) in [6.07, 6.45) is 6.28. The second kappa shape index (κ2) is 4.66. The minimum absolute atomic E-state index is 0.819. The Morgan fingerprint density at radius 2 is 2.17 bits per heavy atom. The van der Waals surface area contributed by atoms with E-state index in [4.69, 9.17) is 0 Å². The van der Waals surface area contributed by atoms with Crippen molar-refractivity contribution < 1.29 is 0 Å². The van der Waals surface area contributed by atoms with E-state index in [9.17, 15) is 0 Å². The summed E-state index contributed by atoms with van der Waals surface area (Å²) in [6, 6.07) is 0. The van der Waals surface area contributed by atoms with Crippen LogP contribution in [0.3, 0.4) is 0 Å². The van der Waals surface area contributed by atoms with Crippen LogP contribution >= 0.6 is 0 Å². The molecule has 1 heteroatoms. The second-order valence-electron chi connectivity index (χ2n) is 4.30. The predicted octanol–water partition coefficient (Wildman–Crippen LogP) is 2.68. The van der Waals surface area contributed by atoms with Gasteiger partial charge in [-0.3, -0.25) is 0 Å². The standard InChI is InChI=1S/C11H21N/c1-10(2)9-11-5-4-7-12(3)8-6-11/h5,10H,4,6-9H2,1-3H3. The summed E-state index contributed by atoms with van der Waals surface area (Å²) in [4.78, 5) is 2.42. The fraction of sp³-hybridized carbons (Fsp3) is 0.818. The molecule has 1 rings (SSSR count). The molecule has 1 heterocycles. The topological polar surface area (TPSA) is 3.24 Å². The molecule has 0 radical (unpaired) electrons. The molecule has 0 N–H and O–H groups in total. The predicted molar refractivity (Wildman–Crippen MR) is 54.3 cm³/mol. The molecule has 0 unspecified atom stereocenters. The van der Waals surface area contributed by atoms with Crippen LogP contribution in [0.25, 0.3) is 0 Å². The van der Waals surface area contributed by atoms with Gasteiger partial charge in [0.2, 0.25) is 0 Å². The van der Waals surface area contributed by atoms with Gasteiger partial charge in [0.05, 0.1) is 0 Å². The third kappa shape index (κ3) is 3.40. The van der Waals surface area contributed by atoms with E-state index >= 15 is 0 Å². The summed E-state index contributed by atoms with van der Waals surface area (Å²) in [5, 5.41) is 0. The zero-order valence-electron chi connectivity index (χ0n) is 8.64. The summed E-state index contributed by atoms with van der Waals surface area (Å²) >= 11 is 0. The quantitative estimate of drug-likeness (QED) is 0.572. The lowest BCUT2D eigenvalue weighted by Crippen LogP contribution is -2.18. The summed E-state index contributed by atoms with van der Waals surface area (Å²) in [5.41, 5.74) is 1.68. The van der Waals surface area contributed by atoms with Gasteiger partial charge in [-0.2, -0.15) is 0 Å². The van der Waals surface area contributed by atoms with Crippen LogP contribution in [0.4, 0.5) is 0 Å². The molecular weight excluding hydrogens is 146 g/mol. The van der Waals surface area contributed by atoms with E-state index in [1.807, 2.05) is 0 Å². The Hall–Kier alpha value is -0.300. The van der Waals surface area contributed by atoms with Crippen LogP contribution in [0, 0.1) is 5.92 Å². The SMILES string of the molecule is CC(C)CC1=CCCN(C)CC1. The fourth-order valence-electron chi connectivity index (χ4n) is 1.75. The summed E-state index contributed by atoms with van der Waals surface area (Å²) in [6.45, 7) is 7.09. The van der Waals surface area contributed by atoms with Crippen LogP contribution in [-0.4, -0.2) is 25.0 Å². The summed E-state index contributed by atoms with van der Waals surface area (Å²) in [7, 11) is 2.21. The highest BCUT2D eigenvalue weighted by Crippen LogP contribution is 2.17. The maximum Gasteiger partial charge on any atom is 0.00156 e. The van der Waals surface area contributed by atoms with Crippen molar-refractivity contribution in [3.05, 3.63) is 11.6 Å². The van der Waals surface area contributed by atoms with Crippen LogP contribution in [0.5, 0.6) is 0 Å². The number of nitrogens with zero attached hydrogens (tertiary/aromatic N) is 1. The molecule has 0 bridgehead atoms. The Balaban J connectivity index is 2.38. The monoisotopic (exact) mass is 167 g/mol. The largest absolute Gasteiger partial charge is 0.306 e. The van der Waals surface area contributed by atoms with Crippen LogP contribution in [0.15, 0.2) is 11.6 Å². The lowest BCUT2D eigenvalue weighted by atomic mass is 10.0. The zero-order chi connectivity index (χ0) is 8.97. The van der Waals surface area contributed by atoms with Crippen molar-refractivity contribution in [3.8, 4) is 0 Å². The van der Waals surface area contributed by atoms with Crippen molar-refractivity contribution in [2.75, 3.05) is 20.1 Å². The molecule has 0 fully saturated rings. The molecule has 0 amide bonds. The van der Waals surface area contributed by atoms with E-state index in [0.29, 0.717) is 0 Å². The molecule has 0 saturated carbocycles. The Kier molecular flexibility index (Phi) is 3.80. The van der Waals surface area contributed by atoms with Crippen molar-refractivity contribution in [3.63, 3.8) is 0 Å². The van der Waals surface area contributed by atoms with Crippen molar-refractivity contribution >= 4 is 0 Å². The number of hydrogen-bond donors (Lipinski definition) is 0. The highest BCUT2D eigenvalue weighted by Gasteiger charge is 2.07. The van der Waals surface area contributed by atoms with Crippen molar-refractivity contribution in [2.24, 2.45) is 5.92 Å². The third-order valence-electron chi connectivity index (χ3n) is 2.43. The van der Waals surface area contributed by atoms with Crippen molar-refractivity contribution in [2.45, 2.75) is 33.1 Å². The van der Waals surface area contributed by atoms with Crippen LogP contribution in [0.2, 0.25) is 0 Å². The first kappa shape index (κ1) is 9.79. The Bertz CT molecular complexity index is 158. The van der Waals surface area contributed by atoms with E-state index in [1.165, 1.54) is 32.4 Å². The number of hydrogen-bond acceptors (Lipinski definition) is 1. The van der Waals surface area contributed by atoms with Gasteiger partial charge in [0.1, 0.15) is 0 Å². The minimum atomic E-state index is 0.819. The zero-order valence-corrected chi connectivity index (χ0v) is 8.64. The maximum absolute atomic E-state index is 2.45. The molecule has 1 nitrogen and oxygen atoms in total. The first-order chi connectivity index (χ1) is 5.68. The highest BCUT2D eigenvalue weighted by atomic mass is 15.1. The van der Waals surface area contributed by atoms with Crippen LogP contribution < -0.4 is 0 Å². The highest BCUT2D eigenvalue weighted by molar-refractivity contribution is 5.05. The molecule has 0 spiro atoms. The van der Waals surface area contributed by atoms with Gasteiger partial charge in [-0.25, -0.2) is 0 Å². The molecule has 0 aromatic carbocycles. The number of rotatable bonds is 2. The molecule has 0 saturated heterocycles. The molecular formula is C11H21N. The minimum Gasteiger partial charge on any atom is -0.306 e. The molecule has 1 aliphatic heterocycles. The maximum atomic E-state index is 2.45. The van der Waals surface area contributed by atoms with Gasteiger partial charge < -0.3 is 4.90 Å². The first-order valence-electron chi connectivity index (χ1n) is 5.05. The van der Waals surface area contributed by atoms with Crippen molar-refractivity contribution in [1.82, 2.24) is 4.90 Å². The molecule has 70 valence electrons. The molecule has 1 aliphatic rings. The van der Waals surface area contributed by atoms with E-state index in [-0.39, 0.29) is 0 Å². The lowest BCUT2D eigenvalue weighted by Gasteiger charge is -2.13. The van der Waals surface area contributed by atoms with Gasteiger partial charge in [-0.1, -0.05) is 25.5 Å². The first-order valence-corrected chi connectivity index (χ1v) is 5.05. The summed E-state index contributed by atoms with van der Waals surface area (Å²) in [5.74, 6) is 0.819. The van der Waals surface area contributed by atoms with Crippen LogP contribution in [0.1, 0.15) is 33.1 Å². The third-order valence-corrected chi connectivity index (χ3v) is 2.43. The van der Waals surface area contributed by atoms with Gasteiger partial charge >= 0.3 is 0 Å². The molecule has 0 aromatic heterocycles. The van der Waals surface area contributed by atoms with Gasteiger partial charge in [0.25, 0.3) is 0 Å². The van der Waals surface area contributed by atoms with E-state index in [0.717, 1.165) is 5.92 Å². The lowest BCUT2D eigenvalue weighted by molar-refractivity contribution is 0.351. The Morgan fingerprint density at radius 3 is 2.83 bits per heavy atom. The molecule has 0 aliphatic carbocycles. The smallest absolute Gasteiger partial charge is 0.00156 e. The van der Waals surface area contributed by atoms with Crippen molar-refractivity contribution in [1.29, 1.82) is 0 Å². The van der Waals surface area contributed by atoms with E-state index in [2.05, 4.69) is 31.9 Å². The average molecular weight is 167 g/mol. The molecule has 0 aromatic rings. The van der Waals surface area contributed by atoms with Gasteiger partial charge in [0.15, 0.2) is 0 Å². The van der Waals surface area contributed by atoms with E-state index in [1.54, 1.807) is 5.57 Å². The normalized spacial score (nSPS) is 20.8. The van der Waals surface area contributed by atoms with E-state index < -0.39 is 0 Å². The second-order valence-corrected chi connectivity index (χ2v) is 4.30. The molecule has 12 heavy (non-hydrogen) atoms. The van der Waals surface area contributed by atoms with Gasteiger partial charge in [0, 0.05) is 13.1 Å². The Morgan fingerprint density at radius 1 is 1.42 bits per heavy atom. The van der Waals surface area contributed by atoms with Gasteiger partial charge in [-0.05, 0) is 32.2 Å². The van der Waals surface area contributed by atoms with Crippen LogP contribution in [-0.2, 0) is 0 Å². The molecule has 0 atom stereocenters. The average Bonchev–Trinajstić information content (AvgIpc) is 2.15. The Labute approximate surface area is 76.5 Å².